The fourth-order valence-corrected chi connectivity index (χ4v) is 1.71. The molecule has 0 aromatic heterocycles. The molecule has 0 saturated carbocycles. The third-order valence-corrected chi connectivity index (χ3v) is 2.88. The van der Waals surface area contributed by atoms with Crippen LogP contribution in [-0.2, 0) is 9.53 Å². The topological polar surface area (TPSA) is 111 Å². The molecule has 3 amide bonds. The summed E-state index contributed by atoms with van der Waals surface area (Å²) in [6.07, 6.45) is 2.12. The standard InChI is InChI=1S/C11H22N4O3/c12-9(10(13)16)3-1-2-4-14-11(17)15-5-7-18-8-6-15/h9H,1-8,12H2,(H2,13,16)(H,14,17)/t9-/m1/s1. The number of rotatable bonds is 6. The Morgan fingerprint density at radius 1 is 1.28 bits per heavy atom. The lowest BCUT2D eigenvalue weighted by Gasteiger charge is -2.26. The number of morpholine rings is 1. The van der Waals surface area contributed by atoms with Crippen molar-refractivity contribution in [3.8, 4) is 0 Å². The van der Waals surface area contributed by atoms with Crippen molar-refractivity contribution in [3.05, 3.63) is 0 Å². The van der Waals surface area contributed by atoms with Crippen molar-refractivity contribution >= 4 is 11.9 Å². The molecule has 0 aliphatic carbocycles. The molecule has 7 heteroatoms. The Kier molecular flexibility index (Phi) is 6.45. The molecule has 0 unspecified atom stereocenters. The summed E-state index contributed by atoms with van der Waals surface area (Å²) in [6.45, 7) is 3.06. The number of primary amides is 1. The molecule has 0 aromatic carbocycles. The highest BCUT2D eigenvalue weighted by molar-refractivity contribution is 5.79. The molecule has 0 radical (unpaired) electrons. The normalized spacial score (nSPS) is 17.3. The highest BCUT2D eigenvalue weighted by atomic mass is 16.5. The molecule has 1 fully saturated rings. The Morgan fingerprint density at radius 3 is 2.56 bits per heavy atom. The van der Waals surface area contributed by atoms with Crippen molar-refractivity contribution in [3.63, 3.8) is 0 Å². The Hall–Kier alpha value is -1.34. The lowest BCUT2D eigenvalue weighted by molar-refractivity contribution is -0.119. The first kappa shape index (κ1) is 14.7. The van der Waals surface area contributed by atoms with Crippen LogP contribution < -0.4 is 16.8 Å². The Morgan fingerprint density at radius 2 is 1.94 bits per heavy atom. The molecule has 1 rings (SSSR count). The van der Waals surface area contributed by atoms with E-state index in [-0.39, 0.29) is 6.03 Å². The second kappa shape index (κ2) is 7.88. The molecule has 7 nitrogen and oxygen atoms in total. The molecule has 1 aliphatic heterocycles. The number of nitrogens with one attached hydrogen (secondary N) is 1. The van der Waals surface area contributed by atoms with Crippen LogP contribution >= 0.6 is 0 Å². The number of unbranched alkanes of at least 4 members (excludes halogenated alkanes) is 1. The van der Waals surface area contributed by atoms with Gasteiger partial charge in [0.05, 0.1) is 19.3 Å². The second-order valence-electron chi connectivity index (χ2n) is 4.34. The Balaban J connectivity index is 2.03. The van der Waals surface area contributed by atoms with Crippen LogP contribution in [0, 0.1) is 0 Å². The smallest absolute Gasteiger partial charge is 0.317 e. The summed E-state index contributed by atoms with van der Waals surface area (Å²) in [4.78, 5) is 24.1. The minimum atomic E-state index is -0.583. The van der Waals surface area contributed by atoms with Gasteiger partial charge in [-0.3, -0.25) is 4.79 Å². The monoisotopic (exact) mass is 258 g/mol. The predicted molar refractivity (Wildman–Crippen MR) is 66.8 cm³/mol. The maximum Gasteiger partial charge on any atom is 0.317 e. The Labute approximate surface area is 107 Å². The number of carbonyl (C=O) groups excluding carboxylic acids is 2. The van der Waals surface area contributed by atoms with Gasteiger partial charge >= 0.3 is 6.03 Å². The van der Waals surface area contributed by atoms with E-state index in [1.165, 1.54) is 0 Å². The van der Waals surface area contributed by atoms with Crippen LogP contribution in [0.5, 0.6) is 0 Å². The highest BCUT2D eigenvalue weighted by Gasteiger charge is 2.15. The number of carbonyl (C=O) groups is 2. The third kappa shape index (κ3) is 5.33. The number of amides is 3. The van der Waals surface area contributed by atoms with Gasteiger partial charge in [-0.2, -0.15) is 0 Å². The molecule has 18 heavy (non-hydrogen) atoms. The molecule has 1 saturated heterocycles. The van der Waals surface area contributed by atoms with Crippen LogP contribution in [0.1, 0.15) is 19.3 Å². The minimum Gasteiger partial charge on any atom is -0.378 e. The van der Waals surface area contributed by atoms with Crippen LogP contribution in [0.4, 0.5) is 4.79 Å². The summed E-state index contributed by atoms with van der Waals surface area (Å²) in [5, 5.41) is 2.83. The number of hydrogen-bond donors (Lipinski definition) is 3. The predicted octanol–water partition coefficient (Wildman–Crippen LogP) is -0.989. The number of nitrogens with two attached hydrogens (primary N) is 2. The van der Waals surface area contributed by atoms with Gasteiger partial charge in [-0.05, 0) is 19.3 Å². The van der Waals surface area contributed by atoms with Crippen LogP contribution in [-0.4, -0.2) is 55.7 Å². The summed E-state index contributed by atoms with van der Waals surface area (Å²) in [7, 11) is 0. The number of nitrogens with zero attached hydrogens (tertiary/aromatic N) is 1. The molecule has 0 spiro atoms. The van der Waals surface area contributed by atoms with Crippen molar-refractivity contribution in [2.24, 2.45) is 11.5 Å². The molecular formula is C11H22N4O3. The summed E-state index contributed by atoms with van der Waals surface area (Å²) >= 11 is 0. The molecule has 1 atom stereocenters. The molecule has 1 heterocycles. The summed E-state index contributed by atoms with van der Waals surface area (Å²) in [5.74, 6) is -0.479. The van der Waals surface area contributed by atoms with Crippen LogP contribution in [0.15, 0.2) is 0 Å². The van der Waals surface area contributed by atoms with Gasteiger partial charge in [0, 0.05) is 19.6 Å². The summed E-state index contributed by atoms with van der Waals surface area (Å²) < 4.78 is 5.16. The van der Waals surface area contributed by atoms with Crippen LogP contribution in [0.25, 0.3) is 0 Å². The molecule has 104 valence electrons. The molecule has 5 N–H and O–H groups in total. The minimum absolute atomic E-state index is 0.0579. The highest BCUT2D eigenvalue weighted by Crippen LogP contribution is 1.99. The van der Waals surface area contributed by atoms with Gasteiger partial charge in [-0.15, -0.1) is 0 Å². The van der Waals surface area contributed by atoms with Gasteiger partial charge in [0.1, 0.15) is 0 Å². The van der Waals surface area contributed by atoms with E-state index in [9.17, 15) is 9.59 Å². The van der Waals surface area contributed by atoms with Gasteiger partial charge in [0.15, 0.2) is 0 Å². The first-order valence-corrected chi connectivity index (χ1v) is 6.26. The van der Waals surface area contributed by atoms with Gasteiger partial charge in [0.2, 0.25) is 5.91 Å². The number of ether oxygens (including phenoxy) is 1. The van der Waals surface area contributed by atoms with Gasteiger partial charge in [0.25, 0.3) is 0 Å². The number of urea groups is 1. The zero-order chi connectivity index (χ0) is 13.4. The van der Waals surface area contributed by atoms with E-state index in [0.717, 1.165) is 12.8 Å². The lowest BCUT2D eigenvalue weighted by Crippen LogP contribution is -2.46. The fourth-order valence-electron chi connectivity index (χ4n) is 1.71. The Bertz CT molecular complexity index is 279. The van der Waals surface area contributed by atoms with Gasteiger partial charge in [-0.25, -0.2) is 4.79 Å². The maximum atomic E-state index is 11.7. The first-order chi connectivity index (χ1) is 8.61. The lowest BCUT2D eigenvalue weighted by atomic mass is 10.1. The van der Waals surface area contributed by atoms with E-state index in [1.54, 1.807) is 4.90 Å². The van der Waals surface area contributed by atoms with Crippen molar-refractivity contribution < 1.29 is 14.3 Å². The van der Waals surface area contributed by atoms with Crippen molar-refractivity contribution in [2.45, 2.75) is 25.3 Å². The maximum absolute atomic E-state index is 11.7. The van der Waals surface area contributed by atoms with E-state index in [0.29, 0.717) is 39.3 Å². The van der Waals surface area contributed by atoms with Crippen LogP contribution in [0.3, 0.4) is 0 Å². The summed E-state index contributed by atoms with van der Waals surface area (Å²) in [5.41, 5.74) is 10.5. The number of hydrogen-bond acceptors (Lipinski definition) is 4. The first-order valence-electron chi connectivity index (χ1n) is 6.26. The second-order valence-corrected chi connectivity index (χ2v) is 4.34. The fraction of sp³-hybridized carbons (Fsp3) is 0.818. The zero-order valence-electron chi connectivity index (χ0n) is 10.6. The van der Waals surface area contributed by atoms with E-state index < -0.39 is 11.9 Å². The van der Waals surface area contributed by atoms with E-state index in [2.05, 4.69) is 5.32 Å². The SMILES string of the molecule is NC(=O)[C@H](N)CCCCNC(=O)N1CCOCC1. The van der Waals surface area contributed by atoms with Crippen molar-refractivity contribution in [1.29, 1.82) is 0 Å². The molecule has 1 aliphatic rings. The molecule has 0 bridgehead atoms. The largest absolute Gasteiger partial charge is 0.378 e. The third-order valence-electron chi connectivity index (χ3n) is 2.88. The molecular weight excluding hydrogens is 236 g/mol. The summed E-state index contributed by atoms with van der Waals surface area (Å²) in [6, 6.07) is -0.641. The van der Waals surface area contributed by atoms with Gasteiger partial charge < -0.3 is 26.4 Å². The van der Waals surface area contributed by atoms with Gasteiger partial charge in [-0.1, -0.05) is 0 Å². The average Bonchev–Trinajstić information content (AvgIpc) is 2.38. The van der Waals surface area contributed by atoms with E-state index in [1.807, 2.05) is 0 Å². The zero-order valence-corrected chi connectivity index (χ0v) is 10.6. The van der Waals surface area contributed by atoms with E-state index >= 15 is 0 Å². The quantitative estimate of drug-likeness (QED) is 0.531. The molecule has 0 aromatic rings. The van der Waals surface area contributed by atoms with Crippen LogP contribution in [0.2, 0.25) is 0 Å². The van der Waals surface area contributed by atoms with Crippen molar-refractivity contribution in [1.82, 2.24) is 10.2 Å². The average molecular weight is 258 g/mol. The van der Waals surface area contributed by atoms with Crippen molar-refractivity contribution in [2.75, 3.05) is 32.8 Å². The van der Waals surface area contributed by atoms with E-state index in [4.69, 9.17) is 16.2 Å².